The van der Waals surface area contributed by atoms with E-state index in [1.807, 2.05) is 38.1 Å². The summed E-state index contributed by atoms with van der Waals surface area (Å²) < 4.78 is 12.9. The molecule has 0 fully saturated rings. The number of fused-ring (bicyclic) bond motifs is 1. The first-order valence-electron chi connectivity index (χ1n) is 7.45. The van der Waals surface area contributed by atoms with Crippen LogP contribution in [0.3, 0.4) is 0 Å². The van der Waals surface area contributed by atoms with Crippen molar-refractivity contribution in [2.45, 2.75) is 20.3 Å². The number of benzene rings is 2. The molecule has 0 atom stereocenters. The Hall–Kier alpha value is -2.75. The lowest BCUT2D eigenvalue weighted by Gasteiger charge is -2.12. The number of pyridine rings is 1. The Morgan fingerprint density at radius 3 is 2.52 bits per heavy atom. The molecule has 3 nitrogen and oxygen atoms in total. The highest BCUT2D eigenvalue weighted by Crippen LogP contribution is 2.23. The third-order valence-electron chi connectivity index (χ3n) is 3.95. The summed E-state index contributed by atoms with van der Waals surface area (Å²) in [4.78, 5) is 16.9. The Labute approximate surface area is 134 Å². The second-order valence-corrected chi connectivity index (χ2v) is 5.55. The number of aryl methyl sites for hydroxylation is 2. The van der Waals surface area contributed by atoms with Gasteiger partial charge in [0.05, 0.1) is 11.9 Å². The fourth-order valence-corrected chi connectivity index (χ4v) is 2.73. The van der Waals surface area contributed by atoms with E-state index in [1.54, 1.807) is 12.1 Å². The highest BCUT2D eigenvalue weighted by molar-refractivity contribution is 5.94. The van der Waals surface area contributed by atoms with E-state index in [2.05, 4.69) is 10.3 Å². The number of para-hydroxylation sites is 1. The molecule has 0 aliphatic heterocycles. The molecule has 0 saturated carbocycles. The number of nitrogens with one attached hydrogen (secondary N) is 1. The molecular formula is C19H17FN2O. The van der Waals surface area contributed by atoms with E-state index in [9.17, 15) is 9.18 Å². The van der Waals surface area contributed by atoms with Gasteiger partial charge >= 0.3 is 0 Å². The Kier molecular flexibility index (Phi) is 4.06. The fourth-order valence-electron chi connectivity index (χ4n) is 2.73. The molecule has 0 saturated heterocycles. The molecular weight excluding hydrogens is 291 g/mol. The van der Waals surface area contributed by atoms with E-state index in [4.69, 9.17) is 0 Å². The van der Waals surface area contributed by atoms with Gasteiger partial charge in [-0.3, -0.25) is 9.78 Å². The van der Waals surface area contributed by atoms with Crippen LogP contribution in [0.4, 0.5) is 10.1 Å². The van der Waals surface area contributed by atoms with Crippen LogP contribution in [-0.2, 0) is 11.2 Å². The number of hydrogen-bond acceptors (Lipinski definition) is 2. The summed E-state index contributed by atoms with van der Waals surface area (Å²) in [6.07, 6.45) is 0.243. The quantitative estimate of drug-likeness (QED) is 0.789. The van der Waals surface area contributed by atoms with Gasteiger partial charge in [-0.2, -0.15) is 0 Å². The van der Waals surface area contributed by atoms with Crippen LogP contribution in [0.25, 0.3) is 10.9 Å². The summed E-state index contributed by atoms with van der Waals surface area (Å²) >= 11 is 0. The first kappa shape index (κ1) is 15.2. The predicted molar refractivity (Wildman–Crippen MR) is 90.0 cm³/mol. The molecule has 3 rings (SSSR count). The van der Waals surface area contributed by atoms with Crippen LogP contribution in [-0.4, -0.2) is 10.9 Å². The lowest BCUT2D eigenvalue weighted by molar-refractivity contribution is -0.115. The third-order valence-corrected chi connectivity index (χ3v) is 3.95. The van der Waals surface area contributed by atoms with Crippen LogP contribution < -0.4 is 5.32 Å². The van der Waals surface area contributed by atoms with Crippen molar-refractivity contribution < 1.29 is 9.18 Å². The molecule has 116 valence electrons. The Balaban J connectivity index is 1.86. The zero-order valence-corrected chi connectivity index (χ0v) is 13.1. The minimum Gasteiger partial charge on any atom is -0.326 e. The van der Waals surface area contributed by atoms with Crippen LogP contribution in [0.2, 0.25) is 0 Å². The zero-order valence-electron chi connectivity index (χ0n) is 13.1. The number of aromatic nitrogens is 1. The van der Waals surface area contributed by atoms with Crippen LogP contribution in [0.1, 0.15) is 16.8 Å². The van der Waals surface area contributed by atoms with E-state index in [1.165, 1.54) is 12.1 Å². The maximum absolute atomic E-state index is 12.9. The molecule has 1 N–H and O–H groups in total. The van der Waals surface area contributed by atoms with E-state index in [0.29, 0.717) is 5.69 Å². The smallest absolute Gasteiger partial charge is 0.228 e. The SMILES string of the molecule is Cc1nc2ccccc2c(C)c1CC(=O)Nc1ccc(F)cc1. The highest BCUT2D eigenvalue weighted by Gasteiger charge is 2.13. The topological polar surface area (TPSA) is 42.0 Å². The van der Waals surface area contributed by atoms with Gasteiger partial charge in [-0.15, -0.1) is 0 Å². The molecule has 4 heteroatoms. The first-order chi connectivity index (χ1) is 11.0. The minimum atomic E-state index is -0.326. The molecule has 0 radical (unpaired) electrons. The maximum Gasteiger partial charge on any atom is 0.228 e. The van der Waals surface area contributed by atoms with E-state index >= 15 is 0 Å². The van der Waals surface area contributed by atoms with E-state index in [-0.39, 0.29) is 18.1 Å². The fraction of sp³-hybridized carbons (Fsp3) is 0.158. The number of nitrogens with zero attached hydrogens (tertiary/aromatic N) is 1. The zero-order chi connectivity index (χ0) is 16.4. The molecule has 0 aliphatic carbocycles. The average molecular weight is 308 g/mol. The molecule has 23 heavy (non-hydrogen) atoms. The van der Waals surface area contributed by atoms with Crippen molar-refractivity contribution in [3.05, 3.63) is 71.2 Å². The lowest BCUT2D eigenvalue weighted by atomic mass is 9.99. The Morgan fingerprint density at radius 1 is 1.09 bits per heavy atom. The van der Waals surface area contributed by atoms with Crippen molar-refractivity contribution in [3.8, 4) is 0 Å². The van der Waals surface area contributed by atoms with Crippen molar-refractivity contribution >= 4 is 22.5 Å². The Morgan fingerprint density at radius 2 is 1.78 bits per heavy atom. The van der Waals surface area contributed by atoms with Crippen molar-refractivity contribution in [3.63, 3.8) is 0 Å². The van der Waals surface area contributed by atoms with Crippen LogP contribution in [0.5, 0.6) is 0 Å². The van der Waals surface area contributed by atoms with Crippen molar-refractivity contribution in [2.75, 3.05) is 5.32 Å². The predicted octanol–water partition coefficient (Wildman–Crippen LogP) is 4.17. The average Bonchev–Trinajstić information content (AvgIpc) is 2.54. The standard InChI is InChI=1S/C19H17FN2O/c1-12-16-5-3-4-6-18(16)21-13(2)17(12)11-19(23)22-15-9-7-14(20)8-10-15/h3-10H,11H2,1-2H3,(H,22,23). The van der Waals surface area contributed by atoms with Gasteiger partial charge in [-0.25, -0.2) is 4.39 Å². The van der Waals surface area contributed by atoms with Crippen molar-refractivity contribution in [1.82, 2.24) is 4.98 Å². The van der Waals surface area contributed by atoms with Gasteiger partial charge in [0.2, 0.25) is 5.91 Å². The number of carbonyl (C=O) groups is 1. The van der Waals surface area contributed by atoms with Crippen LogP contribution in [0, 0.1) is 19.7 Å². The summed E-state index contributed by atoms with van der Waals surface area (Å²) in [6.45, 7) is 3.93. The molecule has 0 unspecified atom stereocenters. The van der Waals surface area contributed by atoms with Gasteiger partial charge in [0.25, 0.3) is 0 Å². The summed E-state index contributed by atoms with van der Waals surface area (Å²) in [5.74, 6) is -0.465. The van der Waals surface area contributed by atoms with Gasteiger partial charge in [-0.1, -0.05) is 18.2 Å². The number of amides is 1. The van der Waals surface area contributed by atoms with Crippen LogP contribution >= 0.6 is 0 Å². The number of halogens is 1. The second-order valence-electron chi connectivity index (χ2n) is 5.55. The minimum absolute atomic E-state index is 0.139. The molecule has 0 spiro atoms. The summed E-state index contributed by atoms with van der Waals surface area (Å²) in [7, 11) is 0. The van der Waals surface area contributed by atoms with Gasteiger partial charge in [0, 0.05) is 16.8 Å². The van der Waals surface area contributed by atoms with E-state index < -0.39 is 0 Å². The van der Waals surface area contributed by atoms with Gasteiger partial charge in [0.1, 0.15) is 5.82 Å². The maximum atomic E-state index is 12.9. The molecule has 1 heterocycles. The summed E-state index contributed by atoms with van der Waals surface area (Å²) in [5, 5.41) is 3.84. The summed E-state index contributed by atoms with van der Waals surface area (Å²) in [5.41, 5.74) is 4.38. The molecule has 0 bridgehead atoms. The van der Waals surface area contributed by atoms with Crippen molar-refractivity contribution in [1.29, 1.82) is 0 Å². The lowest BCUT2D eigenvalue weighted by Crippen LogP contribution is -2.16. The first-order valence-corrected chi connectivity index (χ1v) is 7.45. The molecule has 0 aliphatic rings. The monoisotopic (exact) mass is 308 g/mol. The molecule has 2 aromatic carbocycles. The van der Waals surface area contributed by atoms with E-state index in [0.717, 1.165) is 27.7 Å². The molecule has 1 aromatic heterocycles. The number of carbonyl (C=O) groups excluding carboxylic acids is 1. The largest absolute Gasteiger partial charge is 0.326 e. The third kappa shape index (κ3) is 3.21. The summed E-state index contributed by atoms with van der Waals surface area (Å²) in [6, 6.07) is 13.6. The second kappa shape index (κ2) is 6.16. The highest BCUT2D eigenvalue weighted by atomic mass is 19.1. The number of rotatable bonds is 3. The number of hydrogen-bond donors (Lipinski definition) is 1. The van der Waals surface area contributed by atoms with Gasteiger partial charge in [-0.05, 0) is 55.3 Å². The van der Waals surface area contributed by atoms with Gasteiger partial charge in [0.15, 0.2) is 0 Å². The number of anilines is 1. The van der Waals surface area contributed by atoms with Crippen molar-refractivity contribution in [2.24, 2.45) is 0 Å². The molecule has 3 aromatic rings. The Bertz CT molecular complexity index is 872. The normalized spacial score (nSPS) is 10.7. The van der Waals surface area contributed by atoms with Crippen LogP contribution in [0.15, 0.2) is 48.5 Å². The molecule has 1 amide bonds. The van der Waals surface area contributed by atoms with Gasteiger partial charge < -0.3 is 5.32 Å².